The quantitative estimate of drug-likeness (QED) is 0.312. The van der Waals surface area contributed by atoms with Gasteiger partial charge in [-0.1, -0.05) is 12.2 Å². The van der Waals surface area contributed by atoms with Gasteiger partial charge in [0.1, 0.15) is 0 Å². The molecule has 1 aliphatic rings. The Balaban J connectivity index is 2.23. The van der Waals surface area contributed by atoms with Crippen LogP contribution in [0.4, 0.5) is 0 Å². The summed E-state index contributed by atoms with van der Waals surface area (Å²) in [6.07, 6.45) is 2.55. The number of hydrogen-bond donors (Lipinski definition) is 4. The van der Waals surface area contributed by atoms with Crippen molar-refractivity contribution in [2.45, 2.75) is 24.7 Å². The highest BCUT2D eigenvalue weighted by molar-refractivity contribution is 5.11. The van der Waals surface area contributed by atoms with Crippen molar-refractivity contribution >= 4 is 0 Å². The van der Waals surface area contributed by atoms with E-state index < -0.39 is 12.2 Å². The molecule has 4 nitrogen and oxygen atoms in total. The Kier molecular flexibility index (Phi) is 3.68. The maximum absolute atomic E-state index is 9.29. The van der Waals surface area contributed by atoms with E-state index >= 15 is 0 Å². The molecule has 12 heavy (non-hydrogen) atoms. The van der Waals surface area contributed by atoms with E-state index in [1.54, 1.807) is 12.2 Å². The van der Waals surface area contributed by atoms with Gasteiger partial charge in [0.15, 0.2) is 0 Å². The Bertz CT molecular complexity index is 148. The molecular formula is C8H15NO3. The van der Waals surface area contributed by atoms with Gasteiger partial charge >= 0.3 is 0 Å². The van der Waals surface area contributed by atoms with Crippen LogP contribution in [-0.4, -0.2) is 46.7 Å². The molecule has 0 amide bonds. The maximum Gasteiger partial charge on any atom is 0.0903 e. The van der Waals surface area contributed by atoms with Crippen molar-refractivity contribution in [3.05, 3.63) is 12.2 Å². The molecule has 0 aromatic carbocycles. The first-order valence-electron chi connectivity index (χ1n) is 4.14. The topological polar surface area (TPSA) is 72.7 Å². The van der Waals surface area contributed by atoms with E-state index in [9.17, 15) is 10.2 Å². The van der Waals surface area contributed by atoms with Crippen LogP contribution in [0.15, 0.2) is 12.2 Å². The Labute approximate surface area is 71.5 Å². The molecule has 4 N–H and O–H groups in total. The number of hydrogen-bond acceptors (Lipinski definition) is 4. The highest BCUT2D eigenvalue weighted by atomic mass is 16.3. The van der Waals surface area contributed by atoms with Gasteiger partial charge in [0.25, 0.3) is 0 Å². The monoisotopic (exact) mass is 173 g/mol. The molecule has 0 saturated carbocycles. The average Bonchev–Trinajstić information content (AvgIpc) is 2.35. The number of rotatable bonds is 4. The molecular weight excluding hydrogens is 158 g/mol. The summed E-state index contributed by atoms with van der Waals surface area (Å²) in [6, 6.07) is -0.309. The van der Waals surface area contributed by atoms with Gasteiger partial charge in [0.2, 0.25) is 0 Å². The van der Waals surface area contributed by atoms with Crippen LogP contribution in [0.2, 0.25) is 0 Å². The average molecular weight is 173 g/mol. The normalized spacial score (nSPS) is 29.9. The summed E-state index contributed by atoms with van der Waals surface area (Å²) in [7, 11) is 0. The van der Waals surface area contributed by atoms with Gasteiger partial charge < -0.3 is 20.6 Å². The van der Waals surface area contributed by atoms with E-state index in [-0.39, 0.29) is 12.6 Å². The molecule has 0 aromatic rings. The van der Waals surface area contributed by atoms with E-state index in [0.717, 1.165) is 0 Å². The van der Waals surface area contributed by atoms with Gasteiger partial charge in [-0.05, 0) is 13.0 Å². The van der Waals surface area contributed by atoms with Gasteiger partial charge in [0, 0.05) is 6.61 Å². The first kappa shape index (κ1) is 9.67. The lowest BCUT2D eigenvalue weighted by Crippen LogP contribution is -2.44. The van der Waals surface area contributed by atoms with Crippen LogP contribution in [0.3, 0.4) is 0 Å². The summed E-state index contributed by atoms with van der Waals surface area (Å²) in [4.78, 5) is 0. The molecule has 0 bridgehead atoms. The third kappa shape index (κ3) is 2.28. The van der Waals surface area contributed by atoms with E-state index in [1.807, 2.05) is 0 Å². The predicted octanol–water partition coefficient (Wildman–Crippen LogP) is -1.38. The van der Waals surface area contributed by atoms with E-state index in [4.69, 9.17) is 5.11 Å². The molecule has 0 radical (unpaired) electrons. The first-order valence-corrected chi connectivity index (χ1v) is 4.14. The number of aliphatic hydroxyl groups excluding tert-OH is 3. The van der Waals surface area contributed by atoms with Crippen LogP contribution in [0, 0.1) is 0 Å². The second-order valence-corrected chi connectivity index (χ2v) is 2.92. The molecule has 4 heteroatoms. The number of aliphatic hydroxyl groups is 3. The largest absolute Gasteiger partial charge is 0.396 e. The van der Waals surface area contributed by atoms with Crippen molar-refractivity contribution in [3.63, 3.8) is 0 Å². The second kappa shape index (κ2) is 4.57. The van der Waals surface area contributed by atoms with Crippen molar-refractivity contribution in [1.82, 2.24) is 5.32 Å². The lowest BCUT2D eigenvalue weighted by atomic mass is 10.1. The summed E-state index contributed by atoms with van der Waals surface area (Å²) in [5, 5.41) is 30.0. The van der Waals surface area contributed by atoms with Crippen molar-refractivity contribution in [2.24, 2.45) is 0 Å². The molecule has 0 unspecified atom stereocenters. The SMILES string of the molecule is OCCCNC1[C@@H](O)C=C[C@@H]1O. The van der Waals surface area contributed by atoms with Crippen molar-refractivity contribution in [3.8, 4) is 0 Å². The van der Waals surface area contributed by atoms with Gasteiger partial charge in [0.05, 0.1) is 18.2 Å². The first-order chi connectivity index (χ1) is 5.75. The molecule has 1 rings (SSSR count). The predicted molar refractivity (Wildman–Crippen MR) is 44.6 cm³/mol. The molecule has 0 fully saturated rings. The maximum atomic E-state index is 9.29. The van der Waals surface area contributed by atoms with E-state index in [1.165, 1.54) is 0 Å². The standard InChI is InChI=1S/C8H15NO3/c10-5-1-4-9-8-6(11)2-3-7(8)12/h2-3,6-12H,1,4-5H2/t6-,7-/m0/s1. The zero-order chi connectivity index (χ0) is 8.97. The minimum atomic E-state index is -0.612. The highest BCUT2D eigenvalue weighted by Crippen LogP contribution is 2.11. The Morgan fingerprint density at radius 2 is 1.75 bits per heavy atom. The summed E-state index contributed by atoms with van der Waals surface area (Å²) in [5.41, 5.74) is 0. The lowest BCUT2D eigenvalue weighted by Gasteiger charge is -2.19. The summed E-state index contributed by atoms with van der Waals surface area (Å²) >= 11 is 0. The van der Waals surface area contributed by atoms with Gasteiger partial charge in [-0.15, -0.1) is 0 Å². The molecule has 0 spiro atoms. The second-order valence-electron chi connectivity index (χ2n) is 2.92. The minimum absolute atomic E-state index is 0.124. The molecule has 70 valence electrons. The van der Waals surface area contributed by atoms with Crippen LogP contribution in [0.1, 0.15) is 6.42 Å². The Hall–Kier alpha value is -0.420. The molecule has 1 aliphatic carbocycles. The minimum Gasteiger partial charge on any atom is -0.396 e. The van der Waals surface area contributed by atoms with E-state index in [2.05, 4.69) is 5.32 Å². The highest BCUT2D eigenvalue weighted by Gasteiger charge is 2.27. The third-order valence-corrected chi connectivity index (χ3v) is 1.96. The molecule has 0 aliphatic heterocycles. The Morgan fingerprint density at radius 3 is 2.25 bits per heavy atom. The van der Waals surface area contributed by atoms with Crippen LogP contribution in [-0.2, 0) is 0 Å². The van der Waals surface area contributed by atoms with Crippen LogP contribution < -0.4 is 5.32 Å². The fourth-order valence-electron chi connectivity index (χ4n) is 1.26. The Morgan fingerprint density at radius 1 is 1.17 bits per heavy atom. The van der Waals surface area contributed by atoms with Gasteiger partial charge in [-0.3, -0.25) is 0 Å². The molecule has 0 aromatic heterocycles. The van der Waals surface area contributed by atoms with Crippen molar-refractivity contribution in [1.29, 1.82) is 0 Å². The number of nitrogens with one attached hydrogen (secondary N) is 1. The van der Waals surface area contributed by atoms with E-state index in [0.29, 0.717) is 13.0 Å². The van der Waals surface area contributed by atoms with Crippen LogP contribution in [0.25, 0.3) is 0 Å². The lowest BCUT2D eigenvalue weighted by molar-refractivity contribution is 0.103. The molecule has 2 atom stereocenters. The molecule has 0 heterocycles. The molecule has 0 saturated heterocycles. The zero-order valence-corrected chi connectivity index (χ0v) is 6.85. The van der Waals surface area contributed by atoms with Gasteiger partial charge in [-0.25, -0.2) is 0 Å². The third-order valence-electron chi connectivity index (χ3n) is 1.96. The smallest absolute Gasteiger partial charge is 0.0903 e. The summed E-state index contributed by atoms with van der Waals surface area (Å²) < 4.78 is 0. The van der Waals surface area contributed by atoms with Crippen LogP contribution >= 0.6 is 0 Å². The fraction of sp³-hybridized carbons (Fsp3) is 0.750. The fourth-order valence-corrected chi connectivity index (χ4v) is 1.26. The van der Waals surface area contributed by atoms with Crippen molar-refractivity contribution < 1.29 is 15.3 Å². The van der Waals surface area contributed by atoms with Crippen LogP contribution in [0.5, 0.6) is 0 Å². The van der Waals surface area contributed by atoms with Crippen molar-refractivity contribution in [2.75, 3.05) is 13.2 Å². The van der Waals surface area contributed by atoms with Gasteiger partial charge in [-0.2, -0.15) is 0 Å². The summed E-state index contributed by atoms with van der Waals surface area (Å²) in [5.74, 6) is 0. The zero-order valence-electron chi connectivity index (χ0n) is 6.85. The summed E-state index contributed by atoms with van der Waals surface area (Å²) in [6.45, 7) is 0.732.